The first-order chi connectivity index (χ1) is 8.72. The van der Waals surface area contributed by atoms with E-state index in [9.17, 15) is 5.11 Å². The van der Waals surface area contributed by atoms with E-state index in [0.29, 0.717) is 17.7 Å². The van der Waals surface area contributed by atoms with Gasteiger partial charge in [-0.05, 0) is 24.1 Å². The summed E-state index contributed by atoms with van der Waals surface area (Å²) in [7, 11) is 1.50. The quantitative estimate of drug-likeness (QED) is 0.631. The van der Waals surface area contributed by atoms with Crippen molar-refractivity contribution in [2.75, 3.05) is 26.9 Å². The van der Waals surface area contributed by atoms with Crippen molar-refractivity contribution in [2.24, 2.45) is 0 Å². The third-order valence-corrected chi connectivity index (χ3v) is 2.65. The van der Waals surface area contributed by atoms with Crippen LogP contribution in [0.3, 0.4) is 0 Å². The van der Waals surface area contributed by atoms with Gasteiger partial charge in [-0.25, -0.2) is 0 Å². The molecule has 0 aromatic heterocycles. The number of benzene rings is 1. The van der Waals surface area contributed by atoms with Gasteiger partial charge in [-0.1, -0.05) is 12.1 Å². The zero-order valence-corrected chi connectivity index (χ0v) is 10.5. The minimum atomic E-state index is -0.783. The van der Waals surface area contributed by atoms with E-state index in [4.69, 9.17) is 19.7 Å². The second-order valence-electron chi connectivity index (χ2n) is 3.87. The van der Waals surface area contributed by atoms with Gasteiger partial charge >= 0.3 is 0 Å². The largest absolute Gasteiger partial charge is 0.491 e. The maximum absolute atomic E-state index is 10.1. The molecule has 0 unspecified atom stereocenters. The molecule has 5 nitrogen and oxygen atoms in total. The molecule has 0 aliphatic heterocycles. The smallest absolute Gasteiger partial charge is 0.119 e. The number of aliphatic hydroxyl groups is 3. The second-order valence-corrected chi connectivity index (χ2v) is 3.87. The Morgan fingerprint density at radius 1 is 1.11 bits per heavy atom. The third-order valence-electron chi connectivity index (χ3n) is 2.65. The summed E-state index contributed by atoms with van der Waals surface area (Å²) in [5, 5.41) is 27.6. The van der Waals surface area contributed by atoms with Crippen molar-refractivity contribution in [3.8, 4) is 5.75 Å². The molecule has 0 spiro atoms. The fraction of sp³-hybridized carbons (Fsp3) is 0.538. The summed E-state index contributed by atoms with van der Waals surface area (Å²) >= 11 is 0. The highest BCUT2D eigenvalue weighted by Crippen LogP contribution is 2.23. The van der Waals surface area contributed by atoms with Gasteiger partial charge in [-0.2, -0.15) is 0 Å². The molecule has 18 heavy (non-hydrogen) atoms. The summed E-state index contributed by atoms with van der Waals surface area (Å²) in [6, 6.07) is 6.92. The van der Waals surface area contributed by atoms with E-state index in [1.165, 1.54) is 7.11 Å². The van der Waals surface area contributed by atoms with E-state index in [1.807, 2.05) is 0 Å². The Morgan fingerprint density at radius 2 is 1.78 bits per heavy atom. The van der Waals surface area contributed by atoms with Crippen LogP contribution in [0.15, 0.2) is 24.3 Å². The lowest BCUT2D eigenvalue weighted by Crippen LogP contribution is -2.22. The maximum atomic E-state index is 10.1. The average molecular weight is 256 g/mol. The predicted molar refractivity (Wildman–Crippen MR) is 66.5 cm³/mol. The molecular weight excluding hydrogens is 236 g/mol. The van der Waals surface area contributed by atoms with Gasteiger partial charge in [0.05, 0.1) is 12.7 Å². The fourth-order valence-corrected chi connectivity index (χ4v) is 1.67. The Morgan fingerprint density at radius 3 is 2.28 bits per heavy atom. The molecule has 0 heterocycles. The molecule has 0 bridgehead atoms. The average Bonchev–Trinajstić information content (AvgIpc) is 2.42. The maximum Gasteiger partial charge on any atom is 0.119 e. The van der Waals surface area contributed by atoms with Crippen LogP contribution >= 0.6 is 0 Å². The number of hydrogen-bond donors (Lipinski definition) is 3. The Bertz CT molecular complexity index is 325. The normalized spacial score (nSPS) is 14.2. The Kier molecular flexibility index (Phi) is 6.67. The lowest BCUT2D eigenvalue weighted by molar-refractivity contribution is -0.0253. The van der Waals surface area contributed by atoms with E-state index >= 15 is 0 Å². The van der Waals surface area contributed by atoms with Crippen molar-refractivity contribution >= 4 is 0 Å². The van der Waals surface area contributed by atoms with Gasteiger partial charge in [0, 0.05) is 13.7 Å². The van der Waals surface area contributed by atoms with Crippen LogP contribution in [0.25, 0.3) is 0 Å². The van der Waals surface area contributed by atoms with Crippen LogP contribution in [0.5, 0.6) is 5.75 Å². The standard InChI is InChI=1S/C13H20O5/c1-17-12(6-7-14)13(16)10-2-4-11(5-3-10)18-9-8-15/h2-5,12-16H,6-9H2,1H3/t12-,13-/m0/s1. The van der Waals surface area contributed by atoms with Gasteiger partial charge in [0.25, 0.3) is 0 Å². The molecule has 102 valence electrons. The van der Waals surface area contributed by atoms with Crippen LogP contribution < -0.4 is 4.74 Å². The zero-order valence-electron chi connectivity index (χ0n) is 10.5. The molecule has 1 aromatic rings. The van der Waals surface area contributed by atoms with Crippen molar-refractivity contribution < 1.29 is 24.8 Å². The molecule has 0 saturated carbocycles. The van der Waals surface area contributed by atoms with Crippen LogP contribution in [-0.2, 0) is 4.74 Å². The highest BCUT2D eigenvalue weighted by atomic mass is 16.5. The molecule has 0 amide bonds. The van der Waals surface area contributed by atoms with Crippen molar-refractivity contribution in [3.05, 3.63) is 29.8 Å². The lowest BCUT2D eigenvalue weighted by Gasteiger charge is -2.21. The first-order valence-electron chi connectivity index (χ1n) is 5.88. The topological polar surface area (TPSA) is 79.2 Å². The number of aliphatic hydroxyl groups excluding tert-OH is 3. The zero-order chi connectivity index (χ0) is 13.4. The first kappa shape index (κ1) is 14.9. The molecular formula is C13H20O5. The van der Waals surface area contributed by atoms with Crippen LogP contribution in [0, 0.1) is 0 Å². The summed E-state index contributed by atoms with van der Waals surface area (Å²) in [4.78, 5) is 0. The van der Waals surface area contributed by atoms with Gasteiger partial charge in [-0.15, -0.1) is 0 Å². The predicted octanol–water partition coefficient (Wildman–Crippen LogP) is 0.488. The molecule has 3 N–H and O–H groups in total. The molecule has 1 rings (SSSR count). The molecule has 5 heteroatoms. The first-order valence-corrected chi connectivity index (χ1v) is 5.88. The van der Waals surface area contributed by atoms with Crippen molar-refractivity contribution in [3.63, 3.8) is 0 Å². The van der Waals surface area contributed by atoms with Gasteiger partial charge in [0.2, 0.25) is 0 Å². The van der Waals surface area contributed by atoms with Crippen molar-refractivity contribution in [1.29, 1.82) is 0 Å². The summed E-state index contributed by atoms with van der Waals surface area (Å²) in [6.45, 7) is 0.174. The van der Waals surface area contributed by atoms with Crippen molar-refractivity contribution in [1.82, 2.24) is 0 Å². The number of ether oxygens (including phenoxy) is 2. The summed E-state index contributed by atoms with van der Waals surface area (Å²) in [6.07, 6.45) is -0.839. The summed E-state index contributed by atoms with van der Waals surface area (Å²) < 4.78 is 10.3. The van der Waals surface area contributed by atoms with Crippen LogP contribution in [-0.4, -0.2) is 48.4 Å². The third kappa shape index (κ3) is 4.27. The van der Waals surface area contributed by atoms with E-state index in [1.54, 1.807) is 24.3 Å². The SMILES string of the molecule is CO[C@@H](CCO)[C@@H](O)c1ccc(OCCO)cc1. The second kappa shape index (κ2) is 8.05. The number of hydrogen-bond acceptors (Lipinski definition) is 5. The lowest BCUT2D eigenvalue weighted by atomic mass is 10.0. The molecule has 0 aliphatic carbocycles. The van der Waals surface area contributed by atoms with E-state index in [2.05, 4.69) is 0 Å². The fourth-order valence-electron chi connectivity index (χ4n) is 1.67. The monoisotopic (exact) mass is 256 g/mol. The van der Waals surface area contributed by atoms with Crippen LogP contribution in [0.4, 0.5) is 0 Å². The molecule has 0 fully saturated rings. The van der Waals surface area contributed by atoms with E-state index in [-0.39, 0.29) is 19.8 Å². The highest BCUT2D eigenvalue weighted by molar-refractivity contribution is 5.29. The van der Waals surface area contributed by atoms with Crippen LogP contribution in [0.2, 0.25) is 0 Å². The minimum Gasteiger partial charge on any atom is -0.491 e. The van der Waals surface area contributed by atoms with Crippen LogP contribution in [0.1, 0.15) is 18.1 Å². The molecule has 2 atom stereocenters. The molecule has 0 aliphatic rings. The molecule has 1 aromatic carbocycles. The minimum absolute atomic E-state index is 0.0345. The highest BCUT2D eigenvalue weighted by Gasteiger charge is 2.19. The summed E-state index contributed by atoms with van der Waals surface area (Å²) in [5.74, 6) is 0.635. The van der Waals surface area contributed by atoms with Gasteiger partial charge in [-0.3, -0.25) is 0 Å². The Labute approximate surface area is 107 Å². The van der Waals surface area contributed by atoms with Gasteiger partial charge < -0.3 is 24.8 Å². The van der Waals surface area contributed by atoms with Gasteiger partial charge in [0.15, 0.2) is 0 Å². The van der Waals surface area contributed by atoms with Crippen molar-refractivity contribution in [2.45, 2.75) is 18.6 Å². The Balaban J connectivity index is 2.65. The Hall–Kier alpha value is -1.14. The van der Waals surface area contributed by atoms with Gasteiger partial charge in [0.1, 0.15) is 18.5 Å². The molecule has 0 radical (unpaired) electrons. The van der Waals surface area contributed by atoms with E-state index in [0.717, 1.165) is 0 Å². The van der Waals surface area contributed by atoms with E-state index < -0.39 is 12.2 Å². The number of methoxy groups -OCH3 is 1. The summed E-state index contributed by atoms with van der Waals surface area (Å²) in [5.41, 5.74) is 0.701. The number of rotatable bonds is 8. The molecule has 0 saturated heterocycles.